The Morgan fingerprint density at radius 1 is 1.19 bits per heavy atom. The largest absolute Gasteiger partial charge is 0.497 e. The average Bonchev–Trinajstić information content (AvgIpc) is 3.30. The second-order valence-electron chi connectivity index (χ2n) is 8.71. The van der Waals surface area contributed by atoms with Crippen LogP contribution in [-0.4, -0.2) is 68.1 Å². The molecule has 3 saturated heterocycles. The van der Waals surface area contributed by atoms with Crippen molar-refractivity contribution < 1.29 is 19.0 Å². The van der Waals surface area contributed by atoms with E-state index in [1.165, 1.54) is 0 Å². The van der Waals surface area contributed by atoms with Crippen LogP contribution in [0.1, 0.15) is 31.2 Å². The van der Waals surface area contributed by atoms with Crippen LogP contribution in [0.25, 0.3) is 10.9 Å². The van der Waals surface area contributed by atoms with Gasteiger partial charge in [-0.1, -0.05) is 0 Å². The zero-order chi connectivity index (χ0) is 22.1. The van der Waals surface area contributed by atoms with E-state index in [0.29, 0.717) is 31.9 Å². The molecule has 0 unspecified atom stereocenters. The fourth-order valence-electron chi connectivity index (χ4n) is 5.17. The number of likely N-dealkylation sites (tertiary alicyclic amines) is 1. The molecule has 1 amide bonds. The highest BCUT2D eigenvalue weighted by Gasteiger charge is 2.42. The molecule has 1 aromatic heterocycles. The van der Waals surface area contributed by atoms with Gasteiger partial charge in [0.05, 0.1) is 37.1 Å². The lowest BCUT2D eigenvalue weighted by Gasteiger charge is -2.40. The lowest BCUT2D eigenvalue weighted by Crippen LogP contribution is -2.50. The van der Waals surface area contributed by atoms with Crippen LogP contribution in [0.15, 0.2) is 24.4 Å². The maximum Gasteiger partial charge on any atom is 0.225 e. The summed E-state index contributed by atoms with van der Waals surface area (Å²) in [4.78, 5) is 21.8. The van der Waals surface area contributed by atoms with Crippen molar-refractivity contribution in [3.63, 3.8) is 0 Å². The molecule has 168 valence electrons. The summed E-state index contributed by atoms with van der Waals surface area (Å²) in [6.07, 6.45) is 4.67. The number of ether oxygens (including phenoxy) is 3. The zero-order valence-electron chi connectivity index (χ0n) is 18.4. The summed E-state index contributed by atoms with van der Waals surface area (Å²) < 4.78 is 16.9. The molecule has 0 bridgehead atoms. The van der Waals surface area contributed by atoms with Crippen molar-refractivity contribution in [1.82, 2.24) is 9.88 Å². The molecule has 0 aliphatic carbocycles. The molecule has 4 heterocycles. The zero-order valence-corrected chi connectivity index (χ0v) is 18.4. The Balaban J connectivity index is 1.27. The third-order valence-corrected chi connectivity index (χ3v) is 6.98. The van der Waals surface area contributed by atoms with Gasteiger partial charge in [-0.2, -0.15) is 5.26 Å². The molecule has 1 aromatic carbocycles. The van der Waals surface area contributed by atoms with Crippen LogP contribution in [0.2, 0.25) is 0 Å². The van der Waals surface area contributed by atoms with E-state index in [1.54, 1.807) is 13.3 Å². The van der Waals surface area contributed by atoms with Gasteiger partial charge < -0.3 is 24.0 Å². The Bertz CT molecular complexity index is 1040. The molecular formula is C24H28N4O4. The molecule has 3 fully saturated rings. The van der Waals surface area contributed by atoms with E-state index in [0.717, 1.165) is 61.1 Å². The summed E-state index contributed by atoms with van der Waals surface area (Å²) >= 11 is 0. The van der Waals surface area contributed by atoms with E-state index >= 15 is 0 Å². The Morgan fingerprint density at radius 3 is 2.56 bits per heavy atom. The van der Waals surface area contributed by atoms with Crippen molar-refractivity contribution in [2.75, 3.05) is 51.4 Å². The molecule has 0 saturated carbocycles. The van der Waals surface area contributed by atoms with Gasteiger partial charge in [0.25, 0.3) is 0 Å². The van der Waals surface area contributed by atoms with Crippen molar-refractivity contribution >= 4 is 22.5 Å². The van der Waals surface area contributed by atoms with Gasteiger partial charge >= 0.3 is 0 Å². The van der Waals surface area contributed by atoms with Crippen molar-refractivity contribution in [1.29, 1.82) is 5.26 Å². The van der Waals surface area contributed by atoms with Gasteiger partial charge in [0.1, 0.15) is 11.8 Å². The minimum atomic E-state index is -0.459. The van der Waals surface area contributed by atoms with E-state index in [1.807, 2.05) is 23.1 Å². The highest BCUT2D eigenvalue weighted by molar-refractivity contribution is 5.95. The lowest BCUT2D eigenvalue weighted by molar-refractivity contribution is -0.188. The molecule has 2 aromatic rings. The fourth-order valence-corrected chi connectivity index (χ4v) is 5.17. The van der Waals surface area contributed by atoms with Crippen molar-refractivity contribution in [2.45, 2.75) is 31.5 Å². The van der Waals surface area contributed by atoms with Crippen molar-refractivity contribution in [2.24, 2.45) is 5.92 Å². The van der Waals surface area contributed by atoms with Crippen LogP contribution in [0.5, 0.6) is 5.75 Å². The predicted octanol–water partition coefficient (Wildman–Crippen LogP) is 2.70. The Kier molecular flexibility index (Phi) is 5.62. The normalized spacial score (nSPS) is 21.1. The summed E-state index contributed by atoms with van der Waals surface area (Å²) in [6.45, 7) is 4.14. The van der Waals surface area contributed by atoms with Gasteiger partial charge in [0, 0.05) is 62.6 Å². The number of aromatic nitrogens is 1. The monoisotopic (exact) mass is 436 g/mol. The Morgan fingerprint density at radius 2 is 1.91 bits per heavy atom. The number of rotatable bonds is 3. The average molecular weight is 437 g/mol. The molecule has 5 rings (SSSR count). The number of methoxy groups -OCH3 is 1. The van der Waals surface area contributed by atoms with E-state index in [2.05, 4.69) is 16.0 Å². The number of carbonyl (C=O) groups excluding carboxylic acids is 1. The van der Waals surface area contributed by atoms with Gasteiger partial charge in [-0.15, -0.1) is 0 Å². The van der Waals surface area contributed by atoms with Crippen LogP contribution in [0.3, 0.4) is 0 Å². The fraction of sp³-hybridized carbons (Fsp3) is 0.542. The second kappa shape index (κ2) is 8.57. The molecule has 3 aliphatic heterocycles. The minimum Gasteiger partial charge on any atom is -0.497 e. The number of hydrogen-bond acceptors (Lipinski definition) is 7. The Labute approximate surface area is 187 Å². The summed E-state index contributed by atoms with van der Waals surface area (Å²) in [5.41, 5.74) is 2.27. The van der Waals surface area contributed by atoms with Crippen molar-refractivity contribution in [3.8, 4) is 11.8 Å². The van der Waals surface area contributed by atoms with Crippen LogP contribution in [0.4, 0.5) is 5.69 Å². The van der Waals surface area contributed by atoms with Gasteiger partial charge in [-0.25, -0.2) is 0 Å². The first-order valence-electron chi connectivity index (χ1n) is 11.3. The summed E-state index contributed by atoms with van der Waals surface area (Å²) in [6, 6.07) is 8.03. The lowest BCUT2D eigenvalue weighted by atomic mass is 9.92. The molecule has 8 nitrogen and oxygen atoms in total. The molecule has 32 heavy (non-hydrogen) atoms. The maximum atomic E-state index is 13.2. The smallest absolute Gasteiger partial charge is 0.225 e. The van der Waals surface area contributed by atoms with Gasteiger partial charge in [-0.05, 0) is 25.0 Å². The number of carbonyl (C=O) groups is 1. The third-order valence-electron chi connectivity index (χ3n) is 6.98. The quantitative estimate of drug-likeness (QED) is 0.731. The first-order valence-corrected chi connectivity index (χ1v) is 11.3. The van der Waals surface area contributed by atoms with Gasteiger partial charge in [-0.3, -0.25) is 9.78 Å². The Hall–Kier alpha value is -2.89. The first kappa shape index (κ1) is 21.0. The number of nitrogens with zero attached hydrogens (tertiary/aromatic N) is 4. The summed E-state index contributed by atoms with van der Waals surface area (Å²) in [7, 11) is 1.63. The number of nitriles is 1. The standard InChI is InChI=1S/C24H28N4O4/c1-30-19-2-3-20-21(14-19)26-16-18(15-25)22(20)27-8-4-17(5-9-27)23(29)28-10-6-24(7-11-28)31-12-13-32-24/h2-3,14,16-17H,4-13H2,1H3. The number of pyridine rings is 1. The highest BCUT2D eigenvalue weighted by Crippen LogP contribution is 2.36. The van der Waals surface area contributed by atoms with E-state index in [9.17, 15) is 10.1 Å². The SMILES string of the molecule is COc1ccc2c(N3CCC(C(=O)N4CCC5(CC4)OCCO5)CC3)c(C#N)cnc2c1. The highest BCUT2D eigenvalue weighted by atomic mass is 16.7. The van der Waals surface area contributed by atoms with Crippen LogP contribution < -0.4 is 9.64 Å². The summed E-state index contributed by atoms with van der Waals surface area (Å²) in [5, 5.41) is 10.6. The van der Waals surface area contributed by atoms with E-state index in [-0.39, 0.29) is 11.8 Å². The maximum absolute atomic E-state index is 13.2. The summed E-state index contributed by atoms with van der Waals surface area (Å²) in [5.74, 6) is 0.535. The molecule has 8 heteroatoms. The predicted molar refractivity (Wildman–Crippen MR) is 118 cm³/mol. The van der Waals surface area contributed by atoms with Crippen LogP contribution in [0, 0.1) is 17.2 Å². The molecule has 0 radical (unpaired) electrons. The molecular weight excluding hydrogens is 408 g/mol. The van der Waals surface area contributed by atoms with Gasteiger partial charge in [0.2, 0.25) is 5.91 Å². The molecule has 0 N–H and O–H groups in total. The number of anilines is 1. The number of fused-ring (bicyclic) bond motifs is 1. The number of benzene rings is 1. The van der Waals surface area contributed by atoms with E-state index in [4.69, 9.17) is 14.2 Å². The van der Waals surface area contributed by atoms with Crippen LogP contribution >= 0.6 is 0 Å². The molecule has 1 spiro atoms. The van der Waals surface area contributed by atoms with Gasteiger partial charge in [0.15, 0.2) is 5.79 Å². The topological polar surface area (TPSA) is 87.9 Å². The van der Waals surface area contributed by atoms with Crippen LogP contribution in [-0.2, 0) is 14.3 Å². The first-order chi connectivity index (χ1) is 15.6. The van der Waals surface area contributed by atoms with E-state index < -0.39 is 5.79 Å². The minimum absolute atomic E-state index is 0.0180. The third kappa shape index (κ3) is 3.76. The number of piperidine rings is 2. The molecule has 3 aliphatic rings. The second-order valence-corrected chi connectivity index (χ2v) is 8.71. The number of amides is 1. The van der Waals surface area contributed by atoms with Crippen molar-refractivity contribution in [3.05, 3.63) is 30.0 Å². The number of hydrogen-bond donors (Lipinski definition) is 0. The molecule has 0 atom stereocenters.